The number of hydrogen-bond donors (Lipinski definition) is 2. The molecule has 1 aromatic carbocycles. The first kappa shape index (κ1) is 13.5. The Morgan fingerprint density at radius 3 is 2.59 bits per heavy atom. The number of aryl methyl sites for hydroxylation is 2. The second kappa shape index (κ2) is 5.68. The number of ether oxygens (including phenoxy) is 1. The van der Waals surface area contributed by atoms with Crippen molar-refractivity contribution in [2.75, 3.05) is 17.7 Å². The SMILES string of the molecule is Cc1cc(NC(=O)COC(C)C)c(C)cc1N. The van der Waals surface area contributed by atoms with Crippen LogP contribution in [0.1, 0.15) is 25.0 Å². The van der Waals surface area contributed by atoms with Crippen molar-refractivity contribution in [2.45, 2.75) is 33.8 Å². The maximum atomic E-state index is 11.6. The van der Waals surface area contributed by atoms with Crippen molar-refractivity contribution in [2.24, 2.45) is 0 Å². The van der Waals surface area contributed by atoms with Crippen LogP contribution in [0, 0.1) is 13.8 Å². The molecule has 1 aromatic rings. The highest BCUT2D eigenvalue weighted by Gasteiger charge is 2.07. The molecule has 4 heteroatoms. The lowest BCUT2D eigenvalue weighted by Gasteiger charge is -2.12. The van der Waals surface area contributed by atoms with Gasteiger partial charge in [0.1, 0.15) is 6.61 Å². The van der Waals surface area contributed by atoms with Crippen molar-refractivity contribution in [1.29, 1.82) is 0 Å². The second-order valence-corrected chi connectivity index (χ2v) is 4.43. The minimum absolute atomic E-state index is 0.0509. The lowest BCUT2D eigenvalue weighted by Crippen LogP contribution is -2.21. The number of benzene rings is 1. The summed E-state index contributed by atoms with van der Waals surface area (Å²) in [7, 11) is 0. The maximum absolute atomic E-state index is 11.6. The van der Waals surface area contributed by atoms with Gasteiger partial charge in [-0.05, 0) is 51.0 Å². The molecule has 0 bridgehead atoms. The number of carbonyl (C=O) groups is 1. The van der Waals surface area contributed by atoms with Gasteiger partial charge in [-0.25, -0.2) is 0 Å². The summed E-state index contributed by atoms with van der Waals surface area (Å²) in [6.45, 7) is 7.68. The Balaban J connectivity index is 2.68. The number of hydrogen-bond acceptors (Lipinski definition) is 3. The van der Waals surface area contributed by atoms with Gasteiger partial charge in [0.2, 0.25) is 5.91 Å². The number of nitrogens with one attached hydrogen (secondary N) is 1. The van der Waals surface area contributed by atoms with Crippen LogP contribution in [0.3, 0.4) is 0 Å². The van der Waals surface area contributed by atoms with E-state index in [0.29, 0.717) is 0 Å². The normalized spacial score (nSPS) is 10.6. The fourth-order valence-corrected chi connectivity index (χ4v) is 1.40. The van der Waals surface area contributed by atoms with Crippen molar-refractivity contribution in [1.82, 2.24) is 0 Å². The molecule has 0 spiro atoms. The molecule has 94 valence electrons. The zero-order valence-corrected chi connectivity index (χ0v) is 10.8. The van der Waals surface area contributed by atoms with Crippen molar-refractivity contribution < 1.29 is 9.53 Å². The van der Waals surface area contributed by atoms with E-state index in [1.807, 2.05) is 39.8 Å². The molecule has 0 saturated carbocycles. The average Bonchev–Trinajstić information content (AvgIpc) is 2.23. The van der Waals surface area contributed by atoms with Gasteiger partial charge in [-0.15, -0.1) is 0 Å². The summed E-state index contributed by atoms with van der Waals surface area (Å²) < 4.78 is 5.23. The highest BCUT2D eigenvalue weighted by molar-refractivity contribution is 5.92. The first-order chi connectivity index (χ1) is 7.90. The summed E-state index contributed by atoms with van der Waals surface area (Å²) in [5, 5.41) is 2.81. The lowest BCUT2D eigenvalue weighted by atomic mass is 10.1. The van der Waals surface area contributed by atoms with Crippen LogP contribution < -0.4 is 11.1 Å². The Hall–Kier alpha value is -1.55. The van der Waals surface area contributed by atoms with Crippen molar-refractivity contribution in [3.63, 3.8) is 0 Å². The standard InChI is InChI=1S/C13H20N2O2/c1-8(2)17-7-13(16)15-12-6-9(3)11(14)5-10(12)4/h5-6,8H,7,14H2,1-4H3,(H,15,16). The van der Waals surface area contributed by atoms with E-state index in [-0.39, 0.29) is 18.6 Å². The summed E-state index contributed by atoms with van der Waals surface area (Å²) >= 11 is 0. The van der Waals surface area contributed by atoms with E-state index in [4.69, 9.17) is 10.5 Å². The number of amides is 1. The molecule has 0 radical (unpaired) electrons. The summed E-state index contributed by atoms with van der Waals surface area (Å²) in [6.07, 6.45) is 0.0509. The lowest BCUT2D eigenvalue weighted by molar-refractivity contribution is -0.121. The molecule has 1 rings (SSSR count). The van der Waals surface area contributed by atoms with Crippen LogP contribution >= 0.6 is 0 Å². The van der Waals surface area contributed by atoms with E-state index in [0.717, 1.165) is 22.5 Å². The monoisotopic (exact) mass is 236 g/mol. The zero-order valence-electron chi connectivity index (χ0n) is 10.8. The van der Waals surface area contributed by atoms with E-state index in [1.54, 1.807) is 0 Å². The van der Waals surface area contributed by atoms with E-state index >= 15 is 0 Å². The summed E-state index contributed by atoms with van der Waals surface area (Å²) in [5.74, 6) is -0.147. The van der Waals surface area contributed by atoms with Crippen LogP contribution in [-0.2, 0) is 9.53 Å². The molecule has 17 heavy (non-hydrogen) atoms. The molecular formula is C13H20N2O2. The molecule has 4 nitrogen and oxygen atoms in total. The molecule has 0 aliphatic heterocycles. The molecule has 0 fully saturated rings. The number of nitrogen functional groups attached to an aromatic ring is 1. The first-order valence-corrected chi connectivity index (χ1v) is 5.68. The molecule has 3 N–H and O–H groups in total. The first-order valence-electron chi connectivity index (χ1n) is 5.68. The van der Waals surface area contributed by atoms with Gasteiger partial charge in [0, 0.05) is 11.4 Å². The van der Waals surface area contributed by atoms with E-state index in [1.165, 1.54) is 0 Å². The Labute approximate surface area is 102 Å². The van der Waals surface area contributed by atoms with Crippen LogP contribution in [0.15, 0.2) is 12.1 Å². The Morgan fingerprint density at radius 1 is 1.35 bits per heavy atom. The Morgan fingerprint density at radius 2 is 2.00 bits per heavy atom. The van der Waals surface area contributed by atoms with Crippen molar-refractivity contribution in [3.8, 4) is 0 Å². The molecule has 0 unspecified atom stereocenters. The third-order valence-corrected chi connectivity index (χ3v) is 2.43. The minimum atomic E-state index is -0.147. The van der Waals surface area contributed by atoms with Crippen LogP contribution in [0.4, 0.5) is 11.4 Å². The van der Waals surface area contributed by atoms with Gasteiger partial charge < -0.3 is 15.8 Å². The van der Waals surface area contributed by atoms with Crippen molar-refractivity contribution >= 4 is 17.3 Å². The molecule has 0 aliphatic carbocycles. The smallest absolute Gasteiger partial charge is 0.250 e. The fraction of sp³-hybridized carbons (Fsp3) is 0.462. The van der Waals surface area contributed by atoms with Gasteiger partial charge in [0.05, 0.1) is 6.10 Å². The number of nitrogens with two attached hydrogens (primary N) is 1. The quantitative estimate of drug-likeness (QED) is 0.788. The van der Waals surface area contributed by atoms with Crippen LogP contribution in [-0.4, -0.2) is 18.6 Å². The van der Waals surface area contributed by atoms with Gasteiger partial charge >= 0.3 is 0 Å². The van der Waals surface area contributed by atoms with E-state index in [2.05, 4.69) is 5.32 Å². The number of rotatable bonds is 4. The summed E-state index contributed by atoms with van der Waals surface area (Å²) in [4.78, 5) is 11.6. The molecule has 0 aromatic heterocycles. The largest absolute Gasteiger partial charge is 0.399 e. The average molecular weight is 236 g/mol. The molecule has 0 saturated heterocycles. The molecule has 0 heterocycles. The van der Waals surface area contributed by atoms with Gasteiger partial charge in [-0.2, -0.15) is 0 Å². The van der Waals surface area contributed by atoms with Gasteiger partial charge in [-0.1, -0.05) is 0 Å². The Bertz CT molecular complexity index is 414. The summed E-state index contributed by atoms with van der Waals surface area (Å²) in [5.41, 5.74) is 9.21. The van der Waals surface area contributed by atoms with E-state index in [9.17, 15) is 4.79 Å². The molecule has 0 aliphatic rings. The zero-order chi connectivity index (χ0) is 13.0. The van der Waals surface area contributed by atoms with Crippen LogP contribution in [0.2, 0.25) is 0 Å². The number of carbonyl (C=O) groups excluding carboxylic acids is 1. The molecular weight excluding hydrogens is 216 g/mol. The predicted octanol–water partition coefficient (Wildman–Crippen LogP) is 2.25. The topological polar surface area (TPSA) is 64.3 Å². The highest BCUT2D eigenvalue weighted by Crippen LogP contribution is 2.21. The predicted molar refractivity (Wildman–Crippen MR) is 70.0 cm³/mol. The van der Waals surface area contributed by atoms with Crippen molar-refractivity contribution in [3.05, 3.63) is 23.3 Å². The van der Waals surface area contributed by atoms with Gasteiger partial charge in [-0.3, -0.25) is 4.79 Å². The second-order valence-electron chi connectivity index (χ2n) is 4.43. The maximum Gasteiger partial charge on any atom is 0.250 e. The third-order valence-electron chi connectivity index (χ3n) is 2.43. The van der Waals surface area contributed by atoms with Gasteiger partial charge in [0.15, 0.2) is 0 Å². The molecule has 0 atom stereocenters. The van der Waals surface area contributed by atoms with Crippen LogP contribution in [0.25, 0.3) is 0 Å². The number of anilines is 2. The summed E-state index contributed by atoms with van der Waals surface area (Å²) in [6, 6.07) is 3.73. The Kier molecular flexibility index (Phi) is 4.52. The van der Waals surface area contributed by atoms with Gasteiger partial charge in [0.25, 0.3) is 0 Å². The molecule has 1 amide bonds. The fourth-order valence-electron chi connectivity index (χ4n) is 1.40. The van der Waals surface area contributed by atoms with E-state index < -0.39 is 0 Å². The van der Waals surface area contributed by atoms with Crippen LogP contribution in [0.5, 0.6) is 0 Å². The third kappa shape index (κ3) is 4.07. The highest BCUT2D eigenvalue weighted by atomic mass is 16.5. The minimum Gasteiger partial charge on any atom is -0.399 e.